The Hall–Kier alpha value is -1.69. The van der Waals surface area contributed by atoms with Crippen LogP contribution in [0.2, 0.25) is 0 Å². The second-order valence-electron chi connectivity index (χ2n) is 7.92. The third-order valence-electron chi connectivity index (χ3n) is 5.70. The first-order valence-corrected chi connectivity index (χ1v) is 9.54. The number of aromatic nitrogens is 2. The maximum absolute atomic E-state index is 12.8. The van der Waals surface area contributed by atoms with Crippen molar-refractivity contribution < 1.29 is 4.79 Å². The molecule has 0 radical (unpaired) electrons. The SMILES string of the molecule is CN(C)c1cnc(C[C@@H]2CCCN(C(=O)C3(N)CCCC3)CC2)cn1. The van der Waals surface area contributed by atoms with E-state index in [-0.39, 0.29) is 5.91 Å². The smallest absolute Gasteiger partial charge is 0.242 e. The van der Waals surface area contributed by atoms with Crippen LogP contribution in [0.25, 0.3) is 0 Å². The Balaban J connectivity index is 1.55. The van der Waals surface area contributed by atoms with Gasteiger partial charge in [-0.1, -0.05) is 12.8 Å². The van der Waals surface area contributed by atoms with Gasteiger partial charge >= 0.3 is 0 Å². The number of anilines is 1. The highest BCUT2D eigenvalue weighted by Crippen LogP contribution is 2.30. The fourth-order valence-electron chi connectivity index (χ4n) is 4.09. The van der Waals surface area contributed by atoms with Gasteiger partial charge in [-0.05, 0) is 44.4 Å². The van der Waals surface area contributed by atoms with Gasteiger partial charge in [0.15, 0.2) is 0 Å². The van der Waals surface area contributed by atoms with Gasteiger partial charge in [0.2, 0.25) is 5.91 Å². The first kappa shape index (κ1) is 18.1. The molecule has 0 spiro atoms. The van der Waals surface area contributed by atoms with Crippen molar-refractivity contribution >= 4 is 11.7 Å². The van der Waals surface area contributed by atoms with Crippen molar-refractivity contribution in [3.8, 4) is 0 Å². The molecule has 2 N–H and O–H groups in total. The van der Waals surface area contributed by atoms with E-state index in [0.717, 1.165) is 76.0 Å². The van der Waals surface area contributed by atoms with Crippen LogP contribution in [0.1, 0.15) is 50.6 Å². The molecule has 1 aromatic heterocycles. The fraction of sp³-hybridized carbons (Fsp3) is 0.737. The standard InChI is InChI=1S/C19H31N5O/c1-23(2)17-14-21-16(13-22-17)12-15-6-5-10-24(11-7-15)18(25)19(20)8-3-4-9-19/h13-15H,3-12,20H2,1-2H3/t15-/m1/s1. The van der Waals surface area contributed by atoms with Crippen molar-refractivity contribution in [2.75, 3.05) is 32.1 Å². The average Bonchev–Trinajstić information content (AvgIpc) is 2.92. The van der Waals surface area contributed by atoms with Crippen molar-refractivity contribution in [2.24, 2.45) is 11.7 Å². The number of hydrogen-bond donors (Lipinski definition) is 1. The summed E-state index contributed by atoms with van der Waals surface area (Å²) in [4.78, 5) is 25.8. The molecule has 2 aliphatic rings. The molecule has 1 saturated heterocycles. The first-order valence-electron chi connectivity index (χ1n) is 9.54. The van der Waals surface area contributed by atoms with Crippen LogP contribution in [0, 0.1) is 5.92 Å². The van der Waals surface area contributed by atoms with E-state index in [1.54, 1.807) is 0 Å². The van der Waals surface area contributed by atoms with E-state index in [0.29, 0.717) is 5.92 Å². The lowest BCUT2D eigenvalue weighted by Gasteiger charge is -2.30. The van der Waals surface area contributed by atoms with Gasteiger partial charge in [0.25, 0.3) is 0 Å². The minimum absolute atomic E-state index is 0.181. The minimum Gasteiger partial charge on any atom is -0.361 e. The lowest BCUT2D eigenvalue weighted by atomic mass is 9.95. The zero-order valence-electron chi connectivity index (χ0n) is 15.6. The summed E-state index contributed by atoms with van der Waals surface area (Å²) in [6.45, 7) is 1.67. The molecule has 1 atom stereocenters. The van der Waals surface area contributed by atoms with Gasteiger partial charge in [0, 0.05) is 27.2 Å². The molecule has 0 bridgehead atoms. The topological polar surface area (TPSA) is 75.4 Å². The minimum atomic E-state index is -0.590. The summed E-state index contributed by atoms with van der Waals surface area (Å²) in [6, 6.07) is 0. The molecule has 1 aliphatic carbocycles. The lowest BCUT2D eigenvalue weighted by Crippen LogP contribution is -2.53. The Labute approximate surface area is 150 Å². The molecule has 2 fully saturated rings. The lowest BCUT2D eigenvalue weighted by molar-refractivity contribution is -0.136. The molecule has 138 valence electrons. The van der Waals surface area contributed by atoms with E-state index in [1.807, 2.05) is 36.3 Å². The van der Waals surface area contributed by atoms with Gasteiger partial charge in [-0.25, -0.2) is 4.98 Å². The number of carbonyl (C=O) groups excluding carboxylic acids is 1. The van der Waals surface area contributed by atoms with Gasteiger partial charge in [-0.2, -0.15) is 0 Å². The van der Waals surface area contributed by atoms with E-state index in [1.165, 1.54) is 0 Å². The molecule has 1 saturated carbocycles. The Bertz CT molecular complexity index is 580. The zero-order valence-corrected chi connectivity index (χ0v) is 15.6. The Kier molecular flexibility index (Phi) is 5.57. The van der Waals surface area contributed by atoms with Crippen molar-refractivity contribution in [3.05, 3.63) is 18.1 Å². The maximum atomic E-state index is 12.8. The zero-order chi connectivity index (χ0) is 17.9. The predicted molar refractivity (Wildman–Crippen MR) is 99.4 cm³/mol. The number of amides is 1. The summed E-state index contributed by atoms with van der Waals surface area (Å²) in [5.74, 6) is 1.63. The highest BCUT2D eigenvalue weighted by atomic mass is 16.2. The molecule has 2 heterocycles. The van der Waals surface area contributed by atoms with Gasteiger partial charge in [-0.15, -0.1) is 0 Å². The van der Waals surface area contributed by atoms with E-state index in [9.17, 15) is 4.79 Å². The van der Waals surface area contributed by atoms with Gasteiger partial charge in [0.1, 0.15) is 5.82 Å². The maximum Gasteiger partial charge on any atom is 0.242 e. The van der Waals surface area contributed by atoms with Crippen LogP contribution in [-0.4, -0.2) is 53.5 Å². The normalized spacial score (nSPS) is 23.3. The summed E-state index contributed by atoms with van der Waals surface area (Å²) in [7, 11) is 3.93. The van der Waals surface area contributed by atoms with Crippen molar-refractivity contribution in [3.63, 3.8) is 0 Å². The predicted octanol–water partition coefficient (Wildman–Crippen LogP) is 1.99. The van der Waals surface area contributed by atoms with E-state index < -0.39 is 5.54 Å². The van der Waals surface area contributed by atoms with Gasteiger partial charge in [-0.3, -0.25) is 9.78 Å². The molecule has 6 nitrogen and oxygen atoms in total. The molecule has 3 rings (SSSR count). The number of nitrogens with zero attached hydrogens (tertiary/aromatic N) is 4. The second-order valence-corrected chi connectivity index (χ2v) is 7.92. The molecular formula is C19H31N5O. The average molecular weight is 345 g/mol. The highest BCUT2D eigenvalue weighted by Gasteiger charge is 2.40. The van der Waals surface area contributed by atoms with Crippen LogP contribution in [0.4, 0.5) is 5.82 Å². The third kappa shape index (κ3) is 4.29. The molecule has 1 amide bonds. The van der Waals surface area contributed by atoms with Crippen LogP contribution in [0.5, 0.6) is 0 Å². The van der Waals surface area contributed by atoms with E-state index >= 15 is 0 Å². The monoisotopic (exact) mass is 345 g/mol. The Morgan fingerprint density at radius 3 is 2.60 bits per heavy atom. The van der Waals surface area contributed by atoms with E-state index in [2.05, 4.69) is 9.97 Å². The van der Waals surface area contributed by atoms with Crippen LogP contribution < -0.4 is 10.6 Å². The van der Waals surface area contributed by atoms with Crippen LogP contribution in [0.15, 0.2) is 12.4 Å². The number of hydrogen-bond acceptors (Lipinski definition) is 5. The number of rotatable bonds is 4. The number of nitrogens with two attached hydrogens (primary N) is 1. The van der Waals surface area contributed by atoms with Crippen molar-refractivity contribution in [2.45, 2.75) is 56.9 Å². The number of carbonyl (C=O) groups is 1. The molecule has 0 aromatic carbocycles. The molecule has 0 unspecified atom stereocenters. The van der Waals surface area contributed by atoms with Crippen molar-refractivity contribution in [1.82, 2.24) is 14.9 Å². The van der Waals surface area contributed by atoms with Gasteiger partial charge < -0.3 is 15.5 Å². The quantitative estimate of drug-likeness (QED) is 0.903. The number of likely N-dealkylation sites (tertiary alicyclic amines) is 1. The summed E-state index contributed by atoms with van der Waals surface area (Å²) in [5, 5.41) is 0. The van der Waals surface area contributed by atoms with Crippen molar-refractivity contribution in [1.29, 1.82) is 0 Å². The molecule has 1 aliphatic heterocycles. The van der Waals surface area contributed by atoms with Crippen LogP contribution in [-0.2, 0) is 11.2 Å². The molecule has 25 heavy (non-hydrogen) atoms. The summed E-state index contributed by atoms with van der Waals surface area (Å²) < 4.78 is 0. The fourth-order valence-corrected chi connectivity index (χ4v) is 4.09. The molecular weight excluding hydrogens is 314 g/mol. The summed E-state index contributed by atoms with van der Waals surface area (Å²) in [5.41, 5.74) is 6.82. The first-order chi connectivity index (χ1) is 12.0. The summed E-state index contributed by atoms with van der Waals surface area (Å²) in [6.07, 6.45) is 11.7. The Morgan fingerprint density at radius 1 is 1.20 bits per heavy atom. The Morgan fingerprint density at radius 2 is 1.96 bits per heavy atom. The second kappa shape index (κ2) is 7.68. The van der Waals surface area contributed by atoms with Crippen LogP contribution in [0.3, 0.4) is 0 Å². The van der Waals surface area contributed by atoms with E-state index in [4.69, 9.17) is 5.73 Å². The largest absolute Gasteiger partial charge is 0.361 e. The molecule has 1 aromatic rings. The third-order valence-corrected chi connectivity index (χ3v) is 5.70. The van der Waals surface area contributed by atoms with Gasteiger partial charge in [0.05, 0.1) is 23.6 Å². The highest BCUT2D eigenvalue weighted by molar-refractivity contribution is 5.86. The van der Waals surface area contributed by atoms with Crippen LogP contribution >= 0.6 is 0 Å². The molecule has 6 heteroatoms. The summed E-state index contributed by atoms with van der Waals surface area (Å²) >= 11 is 0.